The Hall–Kier alpha value is -3.61. The number of nitriles is 1. The van der Waals surface area contributed by atoms with Crippen LogP contribution in [0.1, 0.15) is 11.1 Å². The van der Waals surface area contributed by atoms with Crippen LogP contribution in [-0.4, -0.2) is 5.91 Å². The number of anilines is 1. The molecule has 29 heavy (non-hydrogen) atoms. The summed E-state index contributed by atoms with van der Waals surface area (Å²) in [7, 11) is 0. The molecule has 0 fully saturated rings. The minimum Gasteiger partial charge on any atom is -0.321 e. The van der Waals surface area contributed by atoms with Gasteiger partial charge in [-0.05, 0) is 63.9 Å². The van der Waals surface area contributed by atoms with Crippen LogP contribution in [0.3, 0.4) is 0 Å². The lowest BCUT2D eigenvalue weighted by Gasteiger charge is -2.10. The predicted molar refractivity (Wildman–Crippen MR) is 120 cm³/mol. The average Bonchev–Trinajstić information content (AvgIpc) is 2.73. The second-order valence-electron chi connectivity index (χ2n) is 6.82. The minimum atomic E-state index is -0.468. The Balaban J connectivity index is 1.82. The smallest absolute Gasteiger partial charge is 0.266 e. The summed E-state index contributed by atoms with van der Waals surface area (Å²) in [5.41, 5.74) is 2.35. The third kappa shape index (κ3) is 3.71. The lowest BCUT2D eigenvalue weighted by molar-refractivity contribution is -0.112. The molecule has 0 aliphatic carbocycles. The molecule has 4 heteroatoms. The number of amides is 1. The molecule has 0 aliphatic rings. The fraction of sp³-hybridized carbons (Fsp3) is 0.0400. The summed E-state index contributed by atoms with van der Waals surface area (Å²) in [5, 5.41) is 17.1. The van der Waals surface area contributed by atoms with Crippen molar-refractivity contribution < 1.29 is 4.79 Å². The second-order valence-corrected chi connectivity index (χ2v) is 7.23. The van der Waals surface area contributed by atoms with Crippen molar-refractivity contribution in [1.29, 1.82) is 5.26 Å². The zero-order valence-electron chi connectivity index (χ0n) is 15.7. The first kappa shape index (κ1) is 18.7. The molecule has 0 aromatic heterocycles. The number of nitrogens with one attached hydrogen (secondary N) is 1. The van der Waals surface area contributed by atoms with Gasteiger partial charge < -0.3 is 5.32 Å². The van der Waals surface area contributed by atoms with E-state index in [9.17, 15) is 10.1 Å². The standard InChI is InChI=1S/C25H17ClN2O/c1-16-10-11-20(14-24(16)26)28-25(29)19(15-27)13-23-21-8-4-2-6-17(21)12-18-7-3-5-9-22(18)23/h2-14H,1H3,(H,28,29)/b19-13-. The highest BCUT2D eigenvalue weighted by Gasteiger charge is 2.13. The molecule has 0 unspecified atom stereocenters. The van der Waals surface area contributed by atoms with E-state index in [4.69, 9.17) is 11.6 Å². The summed E-state index contributed by atoms with van der Waals surface area (Å²) in [6.07, 6.45) is 1.66. The number of rotatable bonds is 3. The largest absolute Gasteiger partial charge is 0.321 e. The Kier molecular flexibility index (Phi) is 5.03. The first-order chi connectivity index (χ1) is 14.1. The maximum absolute atomic E-state index is 12.8. The molecule has 0 heterocycles. The van der Waals surface area contributed by atoms with Gasteiger partial charge in [0.25, 0.3) is 5.91 Å². The van der Waals surface area contributed by atoms with E-state index in [1.807, 2.05) is 67.6 Å². The third-order valence-electron chi connectivity index (χ3n) is 4.90. The van der Waals surface area contributed by atoms with E-state index < -0.39 is 5.91 Å². The van der Waals surface area contributed by atoms with Crippen LogP contribution in [0.2, 0.25) is 5.02 Å². The number of carbonyl (C=O) groups excluding carboxylic acids is 1. The number of nitrogens with zero attached hydrogens (tertiary/aromatic N) is 1. The Morgan fingerprint density at radius 3 is 2.17 bits per heavy atom. The van der Waals surface area contributed by atoms with Crippen molar-refractivity contribution in [2.24, 2.45) is 0 Å². The normalized spacial score (nSPS) is 11.4. The van der Waals surface area contributed by atoms with Crippen LogP contribution < -0.4 is 5.32 Å². The van der Waals surface area contributed by atoms with E-state index in [1.165, 1.54) is 0 Å². The van der Waals surface area contributed by atoms with Crippen molar-refractivity contribution in [1.82, 2.24) is 0 Å². The highest BCUT2D eigenvalue weighted by Crippen LogP contribution is 2.30. The van der Waals surface area contributed by atoms with Gasteiger partial charge in [-0.1, -0.05) is 66.2 Å². The Labute approximate surface area is 173 Å². The van der Waals surface area contributed by atoms with Gasteiger partial charge in [-0.2, -0.15) is 5.26 Å². The lowest BCUT2D eigenvalue weighted by atomic mass is 9.95. The highest BCUT2D eigenvalue weighted by atomic mass is 35.5. The summed E-state index contributed by atoms with van der Waals surface area (Å²) < 4.78 is 0. The fourth-order valence-electron chi connectivity index (χ4n) is 3.37. The molecule has 0 saturated carbocycles. The number of benzene rings is 4. The molecule has 4 aromatic rings. The van der Waals surface area contributed by atoms with Gasteiger partial charge in [0.15, 0.2) is 0 Å². The van der Waals surface area contributed by atoms with Gasteiger partial charge >= 0.3 is 0 Å². The van der Waals surface area contributed by atoms with E-state index in [2.05, 4.69) is 11.4 Å². The van der Waals surface area contributed by atoms with Gasteiger partial charge in [0.2, 0.25) is 0 Å². The van der Waals surface area contributed by atoms with E-state index in [0.29, 0.717) is 10.7 Å². The quantitative estimate of drug-likeness (QED) is 0.244. The molecule has 0 saturated heterocycles. The van der Waals surface area contributed by atoms with Crippen molar-refractivity contribution in [2.45, 2.75) is 6.92 Å². The summed E-state index contributed by atoms with van der Waals surface area (Å²) in [5.74, 6) is -0.468. The summed E-state index contributed by atoms with van der Waals surface area (Å²) in [6.45, 7) is 1.89. The molecule has 0 radical (unpaired) electrons. The van der Waals surface area contributed by atoms with Gasteiger partial charge in [-0.25, -0.2) is 0 Å². The summed E-state index contributed by atoms with van der Waals surface area (Å²) in [6, 6.07) is 25.3. The fourth-order valence-corrected chi connectivity index (χ4v) is 3.55. The SMILES string of the molecule is Cc1ccc(NC(=O)/C(C#N)=C\c2c3ccccc3cc3ccccc23)cc1Cl. The Bertz CT molecular complexity index is 1280. The molecule has 0 aliphatic heterocycles. The van der Waals surface area contributed by atoms with Crippen LogP contribution >= 0.6 is 11.6 Å². The molecule has 0 bridgehead atoms. The summed E-state index contributed by atoms with van der Waals surface area (Å²) >= 11 is 6.14. The first-order valence-electron chi connectivity index (χ1n) is 9.16. The Morgan fingerprint density at radius 1 is 0.966 bits per heavy atom. The van der Waals surface area contributed by atoms with Crippen LogP contribution in [-0.2, 0) is 4.79 Å². The number of fused-ring (bicyclic) bond motifs is 2. The van der Waals surface area contributed by atoms with Gasteiger partial charge in [0.05, 0.1) is 0 Å². The number of hydrogen-bond acceptors (Lipinski definition) is 2. The van der Waals surface area contributed by atoms with Gasteiger partial charge in [-0.15, -0.1) is 0 Å². The first-order valence-corrected chi connectivity index (χ1v) is 9.54. The van der Waals surface area contributed by atoms with Crippen molar-refractivity contribution >= 4 is 50.8 Å². The van der Waals surface area contributed by atoms with E-state index in [0.717, 1.165) is 32.7 Å². The van der Waals surface area contributed by atoms with Crippen molar-refractivity contribution in [3.8, 4) is 6.07 Å². The van der Waals surface area contributed by atoms with E-state index >= 15 is 0 Å². The third-order valence-corrected chi connectivity index (χ3v) is 5.30. The van der Waals surface area contributed by atoms with Gasteiger partial charge in [0.1, 0.15) is 11.6 Å². The van der Waals surface area contributed by atoms with Crippen LogP contribution in [0.4, 0.5) is 5.69 Å². The monoisotopic (exact) mass is 396 g/mol. The number of halogens is 1. The van der Waals surface area contributed by atoms with Crippen molar-refractivity contribution in [2.75, 3.05) is 5.32 Å². The molecule has 0 atom stereocenters. The second kappa shape index (κ2) is 7.79. The molecular formula is C25H17ClN2O. The zero-order chi connectivity index (χ0) is 20.4. The molecule has 140 valence electrons. The molecule has 4 rings (SSSR count). The van der Waals surface area contributed by atoms with Gasteiger partial charge in [-0.3, -0.25) is 4.79 Å². The average molecular weight is 397 g/mol. The highest BCUT2D eigenvalue weighted by molar-refractivity contribution is 6.31. The maximum Gasteiger partial charge on any atom is 0.266 e. The molecule has 4 aromatic carbocycles. The number of carbonyl (C=O) groups is 1. The maximum atomic E-state index is 12.8. The van der Waals surface area contributed by atoms with Crippen molar-refractivity contribution in [3.05, 3.63) is 94.5 Å². The van der Waals surface area contributed by atoms with Crippen molar-refractivity contribution in [3.63, 3.8) is 0 Å². The van der Waals surface area contributed by atoms with Crippen LogP contribution in [0.25, 0.3) is 27.6 Å². The van der Waals surface area contributed by atoms with Crippen LogP contribution in [0.5, 0.6) is 0 Å². The molecule has 1 N–H and O–H groups in total. The number of hydrogen-bond donors (Lipinski definition) is 1. The van der Waals surface area contributed by atoms with Gasteiger partial charge in [0, 0.05) is 10.7 Å². The predicted octanol–water partition coefficient (Wildman–Crippen LogP) is 6.50. The van der Waals surface area contributed by atoms with Crippen LogP contribution in [0.15, 0.2) is 78.4 Å². The summed E-state index contributed by atoms with van der Waals surface area (Å²) in [4.78, 5) is 12.8. The number of aryl methyl sites for hydroxylation is 1. The topological polar surface area (TPSA) is 52.9 Å². The molecule has 3 nitrogen and oxygen atoms in total. The van der Waals surface area contributed by atoms with Crippen LogP contribution in [0, 0.1) is 18.3 Å². The molecular weight excluding hydrogens is 380 g/mol. The minimum absolute atomic E-state index is 0.0307. The van der Waals surface area contributed by atoms with E-state index in [1.54, 1.807) is 18.2 Å². The zero-order valence-corrected chi connectivity index (χ0v) is 16.5. The lowest BCUT2D eigenvalue weighted by Crippen LogP contribution is -2.13. The van der Waals surface area contributed by atoms with E-state index in [-0.39, 0.29) is 5.57 Å². The molecule has 0 spiro atoms. The Morgan fingerprint density at radius 2 is 1.59 bits per heavy atom. The molecule has 1 amide bonds.